The fourth-order valence-corrected chi connectivity index (χ4v) is 2.40. The van der Waals surface area contributed by atoms with E-state index in [1.807, 2.05) is 0 Å². The number of piperazine rings is 1. The van der Waals surface area contributed by atoms with Gasteiger partial charge in [-0.25, -0.2) is 0 Å². The first kappa shape index (κ1) is 15.4. The lowest BCUT2D eigenvalue weighted by atomic mass is 10.0. The number of nitrogens with one attached hydrogen (secondary N) is 1. The van der Waals surface area contributed by atoms with E-state index in [2.05, 4.69) is 41.4 Å². The van der Waals surface area contributed by atoms with Gasteiger partial charge in [-0.2, -0.15) is 0 Å². The fourth-order valence-electron chi connectivity index (χ4n) is 2.40. The highest BCUT2D eigenvalue weighted by molar-refractivity contribution is 5.85. The number of nitrogens with zero attached hydrogens (tertiary/aromatic N) is 1. The molecule has 102 valence electrons. The molecular formula is C14H23ClN2O. The van der Waals surface area contributed by atoms with Crippen LogP contribution in [0.2, 0.25) is 0 Å². The van der Waals surface area contributed by atoms with Gasteiger partial charge in [0.25, 0.3) is 0 Å². The molecule has 0 bridgehead atoms. The molecule has 0 radical (unpaired) electrons. The first-order valence-corrected chi connectivity index (χ1v) is 6.49. The van der Waals surface area contributed by atoms with Gasteiger partial charge in [-0.05, 0) is 17.5 Å². The second-order valence-corrected chi connectivity index (χ2v) is 4.58. The molecule has 1 aliphatic rings. The second kappa shape index (κ2) is 7.74. The average molecular weight is 271 g/mol. The van der Waals surface area contributed by atoms with Crippen molar-refractivity contribution in [2.24, 2.45) is 0 Å². The Bertz CT molecular complexity index is 336. The highest BCUT2D eigenvalue weighted by Gasteiger charge is 2.20. The van der Waals surface area contributed by atoms with E-state index >= 15 is 0 Å². The van der Waals surface area contributed by atoms with Crippen LogP contribution in [0.25, 0.3) is 0 Å². The maximum absolute atomic E-state index is 9.60. The Morgan fingerprint density at radius 2 is 1.83 bits per heavy atom. The topological polar surface area (TPSA) is 35.5 Å². The number of aliphatic hydroxyl groups excluding tert-OH is 1. The van der Waals surface area contributed by atoms with Crippen LogP contribution in [0.1, 0.15) is 24.1 Å². The highest BCUT2D eigenvalue weighted by Crippen LogP contribution is 2.21. The molecule has 1 atom stereocenters. The molecular weight excluding hydrogens is 248 g/mol. The molecule has 1 aliphatic heterocycles. The van der Waals surface area contributed by atoms with E-state index in [4.69, 9.17) is 0 Å². The third kappa shape index (κ3) is 3.69. The minimum Gasteiger partial charge on any atom is -0.394 e. The minimum atomic E-state index is 0. The zero-order chi connectivity index (χ0) is 12.1. The quantitative estimate of drug-likeness (QED) is 0.873. The Labute approximate surface area is 116 Å². The lowest BCUT2D eigenvalue weighted by Gasteiger charge is -2.34. The van der Waals surface area contributed by atoms with E-state index in [0.29, 0.717) is 0 Å². The Hall–Kier alpha value is -0.610. The van der Waals surface area contributed by atoms with Gasteiger partial charge in [-0.3, -0.25) is 4.90 Å². The number of hydrogen-bond acceptors (Lipinski definition) is 3. The molecule has 0 aromatic heterocycles. The summed E-state index contributed by atoms with van der Waals surface area (Å²) in [5.41, 5.74) is 2.58. The second-order valence-electron chi connectivity index (χ2n) is 4.58. The number of rotatable bonds is 4. The zero-order valence-corrected chi connectivity index (χ0v) is 11.7. The Kier molecular flexibility index (Phi) is 6.65. The smallest absolute Gasteiger partial charge is 0.0628 e. The predicted molar refractivity (Wildman–Crippen MR) is 77.3 cm³/mol. The molecule has 0 aliphatic carbocycles. The van der Waals surface area contributed by atoms with Gasteiger partial charge in [0.05, 0.1) is 12.6 Å². The summed E-state index contributed by atoms with van der Waals surface area (Å²) < 4.78 is 0. The van der Waals surface area contributed by atoms with Gasteiger partial charge in [-0.1, -0.05) is 31.2 Å². The van der Waals surface area contributed by atoms with Gasteiger partial charge in [0.2, 0.25) is 0 Å². The monoisotopic (exact) mass is 270 g/mol. The molecule has 0 spiro atoms. The molecule has 1 heterocycles. The van der Waals surface area contributed by atoms with E-state index in [-0.39, 0.29) is 25.1 Å². The van der Waals surface area contributed by atoms with E-state index in [0.717, 1.165) is 32.6 Å². The summed E-state index contributed by atoms with van der Waals surface area (Å²) in [5.74, 6) is 0. The van der Waals surface area contributed by atoms with Crippen molar-refractivity contribution < 1.29 is 5.11 Å². The first-order chi connectivity index (χ1) is 8.35. The Balaban J connectivity index is 0.00000162. The van der Waals surface area contributed by atoms with E-state index in [9.17, 15) is 5.11 Å². The van der Waals surface area contributed by atoms with Crippen molar-refractivity contribution in [3.63, 3.8) is 0 Å². The number of benzene rings is 1. The van der Waals surface area contributed by atoms with Crippen LogP contribution in [-0.4, -0.2) is 42.8 Å². The average Bonchev–Trinajstić information content (AvgIpc) is 2.42. The largest absolute Gasteiger partial charge is 0.394 e. The summed E-state index contributed by atoms with van der Waals surface area (Å²) in [6, 6.07) is 8.80. The van der Waals surface area contributed by atoms with Crippen LogP contribution in [0.15, 0.2) is 24.3 Å². The van der Waals surface area contributed by atoms with Gasteiger partial charge in [0.15, 0.2) is 0 Å². The predicted octanol–water partition coefficient (Wildman–Crippen LogP) is 1.61. The summed E-state index contributed by atoms with van der Waals surface area (Å²) in [5, 5.41) is 12.9. The van der Waals surface area contributed by atoms with E-state index < -0.39 is 0 Å². The van der Waals surface area contributed by atoms with Crippen LogP contribution >= 0.6 is 12.4 Å². The van der Waals surface area contributed by atoms with Crippen LogP contribution in [-0.2, 0) is 6.42 Å². The molecule has 1 aromatic carbocycles. The molecule has 0 unspecified atom stereocenters. The fraction of sp³-hybridized carbons (Fsp3) is 0.571. The van der Waals surface area contributed by atoms with Crippen LogP contribution in [0.3, 0.4) is 0 Å². The molecule has 1 fully saturated rings. The van der Waals surface area contributed by atoms with Crippen molar-refractivity contribution in [3.8, 4) is 0 Å². The summed E-state index contributed by atoms with van der Waals surface area (Å²) in [4.78, 5) is 2.36. The van der Waals surface area contributed by atoms with Crippen molar-refractivity contribution in [2.75, 3.05) is 32.8 Å². The van der Waals surface area contributed by atoms with Gasteiger partial charge >= 0.3 is 0 Å². The number of halogens is 1. The molecule has 4 heteroatoms. The van der Waals surface area contributed by atoms with Crippen molar-refractivity contribution >= 4 is 12.4 Å². The van der Waals surface area contributed by atoms with Gasteiger partial charge in [-0.15, -0.1) is 12.4 Å². The van der Waals surface area contributed by atoms with Crippen LogP contribution in [0.5, 0.6) is 0 Å². The lowest BCUT2D eigenvalue weighted by Crippen LogP contribution is -2.46. The first-order valence-electron chi connectivity index (χ1n) is 6.49. The van der Waals surface area contributed by atoms with Gasteiger partial charge in [0, 0.05) is 26.2 Å². The summed E-state index contributed by atoms with van der Waals surface area (Å²) in [6.07, 6.45) is 1.07. The molecule has 0 saturated carbocycles. The van der Waals surface area contributed by atoms with Crippen LogP contribution in [0.4, 0.5) is 0 Å². The summed E-state index contributed by atoms with van der Waals surface area (Å²) in [6.45, 7) is 6.43. The minimum absolute atomic E-state index is 0. The highest BCUT2D eigenvalue weighted by atomic mass is 35.5. The lowest BCUT2D eigenvalue weighted by molar-refractivity contribution is 0.111. The molecule has 1 aromatic rings. The molecule has 2 N–H and O–H groups in total. The molecule has 2 rings (SSSR count). The third-order valence-corrected chi connectivity index (χ3v) is 3.54. The molecule has 3 nitrogen and oxygen atoms in total. The van der Waals surface area contributed by atoms with E-state index in [1.165, 1.54) is 11.1 Å². The molecule has 18 heavy (non-hydrogen) atoms. The van der Waals surface area contributed by atoms with Crippen LogP contribution < -0.4 is 5.32 Å². The van der Waals surface area contributed by atoms with E-state index in [1.54, 1.807) is 0 Å². The van der Waals surface area contributed by atoms with Crippen molar-refractivity contribution in [1.82, 2.24) is 10.2 Å². The van der Waals surface area contributed by atoms with Crippen molar-refractivity contribution in [3.05, 3.63) is 35.4 Å². The van der Waals surface area contributed by atoms with Crippen molar-refractivity contribution in [1.29, 1.82) is 0 Å². The SMILES string of the molecule is CCc1ccc([C@@H](CO)N2CCNCC2)cc1.Cl. The number of aryl methyl sites for hydroxylation is 1. The zero-order valence-electron chi connectivity index (χ0n) is 10.9. The Morgan fingerprint density at radius 3 is 2.33 bits per heavy atom. The van der Waals surface area contributed by atoms with Gasteiger partial charge < -0.3 is 10.4 Å². The Morgan fingerprint density at radius 1 is 1.22 bits per heavy atom. The standard InChI is InChI=1S/C14H22N2O.ClH/c1-2-12-3-5-13(6-4-12)14(11-17)16-9-7-15-8-10-16;/h3-6,14-15,17H,2,7-11H2,1H3;1H/t14-;/m1./s1. The number of aliphatic hydroxyl groups is 1. The summed E-state index contributed by atoms with van der Waals surface area (Å²) >= 11 is 0. The third-order valence-electron chi connectivity index (χ3n) is 3.54. The molecule has 0 amide bonds. The summed E-state index contributed by atoms with van der Waals surface area (Å²) in [7, 11) is 0. The maximum Gasteiger partial charge on any atom is 0.0628 e. The van der Waals surface area contributed by atoms with Crippen molar-refractivity contribution in [2.45, 2.75) is 19.4 Å². The molecule has 1 saturated heterocycles. The van der Waals surface area contributed by atoms with Crippen LogP contribution in [0, 0.1) is 0 Å². The normalized spacial score (nSPS) is 18.1. The van der Waals surface area contributed by atoms with Gasteiger partial charge in [0.1, 0.15) is 0 Å². The number of hydrogen-bond donors (Lipinski definition) is 2. The maximum atomic E-state index is 9.60.